The molecule has 236 valence electrons. The van der Waals surface area contributed by atoms with Gasteiger partial charge >= 0.3 is 11.9 Å². The maximum atomic E-state index is 12.6. The number of para-hydroxylation sites is 2. The zero-order chi connectivity index (χ0) is 33.2. The summed E-state index contributed by atoms with van der Waals surface area (Å²) < 4.78 is 10.7. The monoisotopic (exact) mass is 662 g/mol. The fourth-order valence-electron chi connectivity index (χ4n) is 6.26. The summed E-state index contributed by atoms with van der Waals surface area (Å²) in [5, 5.41) is 23.2. The summed E-state index contributed by atoms with van der Waals surface area (Å²) in [4.78, 5) is 46.7. The zero-order valence-corrected chi connectivity index (χ0v) is 26.2. The van der Waals surface area contributed by atoms with Crippen molar-refractivity contribution in [2.24, 2.45) is 0 Å². The second kappa shape index (κ2) is 12.9. The number of halogens is 2. The smallest absolute Gasteiger partial charge is 0.322 e. The van der Waals surface area contributed by atoms with Crippen molar-refractivity contribution in [1.82, 2.24) is 0 Å². The molecule has 0 unspecified atom stereocenters. The fraction of sp³-hybridized carbons (Fsp3) is 0.235. The van der Waals surface area contributed by atoms with Gasteiger partial charge < -0.3 is 9.47 Å². The second-order valence-electron chi connectivity index (χ2n) is 11.4. The van der Waals surface area contributed by atoms with Crippen LogP contribution in [0.1, 0.15) is 47.9 Å². The predicted octanol–water partition coefficient (Wildman–Crippen LogP) is 7.15. The molecule has 0 fully saturated rings. The Labute approximate surface area is 274 Å². The lowest BCUT2D eigenvalue weighted by Crippen LogP contribution is -2.40. The molecule has 4 aromatic carbocycles. The van der Waals surface area contributed by atoms with Gasteiger partial charge in [0.15, 0.2) is 0 Å². The van der Waals surface area contributed by atoms with E-state index >= 15 is 0 Å². The number of carbonyl (C=O) groups excluding carboxylic acids is 2. The van der Waals surface area contributed by atoms with Crippen LogP contribution < -0.4 is 9.47 Å². The molecule has 10 nitrogen and oxygen atoms in total. The normalized spacial score (nSPS) is 20.7. The summed E-state index contributed by atoms with van der Waals surface area (Å²) in [5.74, 6) is -1.54. The molecule has 0 saturated carbocycles. The quantitative estimate of drug-likeness (QED) is 0.0838. The van der Waals surface area contributed by atoms with E-state index in [9.17, 15) is 29.8 Å². The lowest BCUT2D eigenvalue weighted by Gasteiger charge is -2.29. The SMILES string of the molecule is C[C@]1([C@H](C[N+](=O)[O-])c2ccccc2Cl)C(=O)Oc2ccccc21.C[C@]1([C@H](C[N+](=O)[O-])c2ccccc2Cl)C(=O)Oc2ccccc21. The maximum absolute atomic E-state index is 12.6. The molecule has 0 aromatic heterocycles. The highest BCUT2D eigenvalue weighted by molar-refractivity contribution is 6.31. The van der Waals surface area contributed by atoms with Crippen LogP contribution in [0.5, 0.6) is 11.5 Å². The molecule has 0 aliphatic carbocycles. The molecule has 0 spiro atoms. The first kappa shape index (κ1) is 32.6. The van der Waals surface area contributed by atoms with Crippen molar-refractivity contribution in [2.75, 3.05) is 13.1 Å². The first-order valence-corrected chi connectivity index (χ1v) is 15.0. The zero-order valence-electron chi connectivity index (χ0n) is 24.7. The number of fused-ring (bicyclic) bond motifs is 2. The minimum Gasteiger partial charge on any atom is -0.426 e. The van der Waals surface area contributed by atoms with E-state index in [-0.39, 0.29) is 0 Å². The minimum atomic E-state index is -1.16. The first-order valence-electron chi connectivity index (χ1n) is 14.2. The van der Waals surface area contributed by atoms with Crippen molar-refractivity contribution in [3.8, 4) is 11.5 Å². The Morgan fingerprint density at radius 1 is 0.609 bits per heavy atom. The molecule has 2 aliphatic heterocycles. The summed E-state index contributed by atoms with van der Waals surface area (Å²) >= 11 is 12.5. The van der Waals surface area contributed by atoms with Crippen LogP contribution in [0.4, 0.5) is 0 Å². The van der Waals surface area contributed by atoms with Crippen LogP contribution in [0, 0.1) is 20.2 Å². The third kappa shape index (κ3) is 5.81. The summed E-state index contributed by atoms with van der Waals surface area (Å²) in [5.41, 5.74) is 0.126. The van der Waals surface area contributed by atoms with Gasteiger partial charge in [0.25, 0.3) is 0 Å². The number of ether oxygens (including phenoxy) is 2. The molecular formula is C34H28Cl2N2O8. The van der Waals surface area contributed by atoms with Gasteiger partial charge in [0.05, 0.1) is 11.8 Å². The highest BCUT2D eigenvalue weighted by Crippen LogP contribution is 2.50. The van der Waals surface area contributed by atoms with E-state index in [1.165, 1.54) is 0 Å². The average Bonchev–Trinajstić information content (AvgIpc) is 3.44. The predicted molar refractivity (Wildman–Crippen MR) is 171 cm³/mol. The van der Waals surface area contributed by atoms with Crippen molar-refractivity contribution < 1.29 is 28.9 Å². The summed E-state index contributed by atoms with van der Waals surface area (Å²) in [6.45, 7) is 2.53. The molecule has 6 rings (SSSR count). The van der Waals surface area contributed by atoms with Crippen molar-refractivity contribution in [2.45, 2.75) is 36.5 Å². The van der Waals surface area contributed by atoms with Gasteiger partial charge in [-0.2, -0.15) is 0 Å². The van der Waals surface area contributed by atoms with Gasteiger partial charge in [-0.3, -0.25) is 29.8 Å². The first-order chi connectivity index (χ1) is 21.9. The van der Waals surface area contributed by atoms with E-state index in [1.807, 2.05) is 0 Å². The van der Waals surface area contributed by atoms with Gasteiger partial charge in [-0.25, -0.2) is 0 Å². The Morgan fingerprint density at radius 2 is 0.935 bits per heavy atom. The van der Waals surface area contributed by atoms with Gasteiger partial charge in [-0.05, 0) is 49.2 Å². The number of carbonyl (C=O) groups is 2. The summed E-state index contributed by atoms with van der Waals surface area (Å²) in [6, 6.07) is 27.8. The summed E-state index contributed by atoms with van der Waals surface area (Å²) in [7, 11) is 0. The number of benzene rings is 4. The number of hydrogen-bond acceptors (Lipinski definition) is 8. The van der Waals surface area contributed by atoms with Gasteiger partial charge in [-0.1, -0.05) is 96.0 Å². The molecule has 2 aliphatic rings. The number of esters is 2. The van der Waals surface area contributed by atoms with Gasteiger partial charge in [0.2, 0.25) is 13.1 Å². The molecule has 0 saturated heterocycles. The molecule has 46 heavy (non-hydrogen) atoms. The molecule has 0 bridgehead atoms. The maximum Gasteiger partial charge on any atom is 0.322 e. The molecule has 2 heterocycles. The van der Waals surface area contributed by atoms with Crippen LogP contribution in [0.2, 0.25) is 10.0 Å². The number of nitro groups is 2. The highest BCUT2D eigenvalue weighted by Gasteiger charge is 2.54. The second-order valence-corrected chi connectivity index (χ2v) is 12.2. The van der Waals surface area contributed by atoms with Crippen molar-refractivity contribution in [3.63, 3.8) is 0 Å². The Morgan fingerprint density at radius 3 is 1.28 bits per heavy atom. The average molecular weight is 664 g/mol. The van der Waals surface area contributed by atoms with E-state index in [2.05, 4.69) is 0 Å². The van der Waals surface area contributed by atoms with E-state index in [0.29, 0.717) is 43.8 Å². The third-order valence-corrected chi connectivity index (χ3v) is 9.45. The Balaban J connectivity index is 0.000000181. The topological polar surface area (TPSA) is 139 Å². The van der Waals surface area contributed by atoms with Crippen LogP contribution >= 0.6 is 23.2 Å². The molecule has 12 heteroatoms. The lowest BCUT2D eigenvalue weighted by molar-refractivity contribution is -0.484. The van der Waals surface area contributed by atoms with E-state index in [0.717, 1.165) is 0 Å². The largest absolute Gasteiger partial charge is 0.426 e. The number of nitrogens with zero attached hydrogens (tertiary/aromatic N) is 2. The van der Waals surface area contributed by atoms with Crippen LogP contribution in [-0.2, 0) is 20.4 Å². The Kier molecular flexibility index (Phi) is 9.14. The molecular weight excluding hydrogens is 635 g/mol. The van der Waals surface area contributed by atoms with Crippen LogP contribution in [0.25, 0.3) is 0 Å². The molecule has 0 N–H and O–H groups in total. The van der Waals surface area contributed by atoms with Crippen LogP contribution in [-0.4, -0.2) is 34.9 Å². The lowest BCUT2D eigenvalue weighted by atomic mass is 9.69. The Hall–Kier alpha value is -4.80. The van der Waals surface area contributed by atoms with E-state index in [1.54, 1.807) is 111 Å². The number of hydrogen-bond donors (Lipinski definition) is 0. The third-order valence-electron chi connectivity index (χ3n) is 8.76. The van der Waals surface area contributed by atoms with Gasteiger partial charge in [-0.15, -0.1) is 0 Å². The van der Waals surface area contributed by atoms with E-state index < -0.39 is 57.5 Å². The van der Waals surface area contributed by atoms with E-state index in [4.69, 9.17) is 32.7 Å². The fourth-order valence-corrected chi connectivity index (χ4v) is 6.79. The Bertz CT molecular complexity index is 1720. The molecule has 0 radical (unpaired) electrons. The number of rotatable bonds is 8. The summed E-state index contributed by atoms with van der Waals surface area (Å²) in [6.07, 6.45) is 0. The molecule has 0 amide bonds. The minimum absolute atomic E-state index is 0.401. The van der Waals surface area contributed by atoms with Crippen molar-refractivity contribution in [1.29, 1.82) is 0 Å². The standard InChI is InChI=1S/2C17H14ClNO4/c2*1-17(12-7-3-5-9-15(12)23-16(17)20)13(10-19(21)22)11-6-2-4-8-14(11)18/h2*2-9,13H,10H2,1H3/t2*13-,17+/m11/s1. The molecule has 4 atom stereocenters. The highest BCUT2D eigenvalue weighted by atomic mass is 35.5. The molecule has 4 aromatic rings. The van der Waals surface area contributed by atoms with Gasteiger partial charge in [0.1, 0.15) is 22.3 Å². The van der Waals surface area contributed by atoms with Crippen LogP contribution in [0.15, 0.2) is 97.1 Å². The van der Waals surface area contributed by atoms with Crippen molar-refractivity contribution in [3.05, 3.63) is 150 Å². The van der Waals surface area contributed by atoms with Crippen molar-refractivity contribution >= 4 is 35.1 Å². The van der Waals surface area contributed by atoms with Crippen LogP contribution in [0.3, 0.4) is 0 Å². The van der Waals surface area contributed by atoms with Gasteiger partial charge in [0, 0.05) is 31.0 Å².